The molecule has 0 unspecified atom stereocenters. The van der Waals surface area contributed by atoms with E-state index in [0.29, 0.717) is 11.3 Å². The summed E-state index contributed by atoms with van der Waals surface area (Å²) in [5.41, 5.74) is 1.18. The second kappa shape index (κ2) is 6.58. The highest BCUT2D eigenvalue weighted by Gasteiger charge is 2.26. The van der Waals surface area contributed by atoms with Crippen molar-refractivity contribution in [3.63, 3.8) is 0 Å². The summed E-state index contributed by atoms with van der Waals surface area (Å²) in [7, 11) is -4.67. The number of hydrogen-bond acceptors (Lipinski definition) is 3. The summed E-state index contributed by atoms with van der Waals surface area (Å²) in [4.78, 5) is 11.5. The third-order valence-corrected chi connectivity index (χ3v) is 4.37. The zero-order chi connectivity index (χ0) is 17.0. The summed E-state index contributed by atoms with van der Waals surface area (Å²) in [5, 5.41) is 2.58. The number of benzene rings is 2. The topological polar surface area (TPSA) is 63.2 Å². The van der Waals surface area contributed by atoms with Gasteiger partial charge in [0.15, 0.2) is 0 Å². The van der Waals surface area contributed by atoms with Gasteiger partial charge in [0.25, 0.3) is 5.91 Å². The number of alkyl halides is 2. The van der Waals surface area contributed by atoms with Gasteiger partial charge in [-0.1, -0.05) is 12.0 Å². The van der Waals surface area contributed by atoms with E-state index < -0.39 is 26.4 Å². The molecule has 0 aliphatic rings. The lowest BCUT2D eigenvalue weighted by molar-refractivity contribution is 0.102. The van der Waals surface area contributed by atoms with Gasteiger partial charge >= 0.3 is 5.76 Å². The predicted octanol–water partition coefficient (Wildman–Crippen LogP) is 2.92. The number of anilines is 1. The van der Waals surface area contributed by atoms with Gasteiger partial charge in [0.1, 0.15) is 0 Å². The molecule has 0 bridgehead atoms. The number of amides is 1. The molecule has 118 valence electrons. The smallest absolute Gasteiger partial charge is 0.322 e. The number of hydrogen-bond donors (Lipinski definition) is 1. The molecule has 0 spiro atoms. The molecular weight excluding hydrogens is 324 g/mol. The molecule has 0 saturated carbocycles. The molecule has 4 nitrogen and oxygen atoms in total. The Morgan fingerprint density at radius 2 is 1.78 bits per heavy atom. The van der Waals surface area contributed by atoms with Crippen molar-refractivity contribution < 1.29 is 22.0 Å². The molecule has 7 heteroatoms. The zero-order valence-corrected chi connectivity index (χ0v) is 12.5. The van der Waals surface area contributed by atoms with E-state index in [1.165, 1.54) is 0 Å². The number of halogens is 2. The molecule has 0 aliphatic heterocycles. The lowest BCUT2D eigenvalue weighted by Gasteiger charge is -2.07. The minimum absolute atomic E-state index is 0.129. The fraction of sp³-hybridized carbons (Fsp3) is 0.0625. The van der Waals surface area contributed by atoms with E-state index in [-0.39, 0.29) is 5.56 Å². The standard InChI is InChI=1S/C16H11F2NO3S/c1-2-11-4-3-5-13(10-11)19-15(20)12-6-8-14(9-7-12)23(21,22)16(17)18/h1,3-10,16H,(H,19,20). The maximum atomic E-state index is 12.4. The van der Waals surface area contributed by atoms with E-state index in [9.17, 15) is 22.0 Å². The fourth-order valence-corrected chi connectivity index (χ4v) is 2.51. The van der Waals surface area contributed by atoms with Gasteiger partial charge in [-0.15, -0.1) is 6.42 Å². The van der Waals surface area contributed by atoms with Crippen molar-refractivity contribution in [2.24, 2.45) is 0 Å². The first-order chi connectivity index (χ1) is 10.8. The van der Waals surface area contributed by atoms with Crippen LogP contribution in [0.15, 0.2) is 53.4 Å². The molecule has 1 amide bonds. The lowest BCUT2D eigenvalue weighted by atomic mass is 10.2. The molecule has 2 aromatic rings. The number of carbonyl (C=O) groups excluding carboxylic acids is 1. The predicted molar refractivity (Wildman–Crippen MR) is 82.0 cm³/mol. The molecule has 0 fully saturated rings. The van der Waals surface area contributed by atoms with Crippen molar-refractivity contribution in [3.05, 3.63) is 59.7 Å². The van der Waals surface area contributed by atoms with Crippen LogP contribution in [0.5, 0.6) is 0 Å². The highest BCUT2D eigenvalue weighted by Crippen LogP contribution is 2.19. The highest BCUT2D eigenvalue weighted by atomic mass is 32.2. The van der Waals surface area contributed by atoms with Crippen LogP contribution in [-0.2, 0) is 9.84 Å². The Labute approximate surface area is 132 Å². The van der Waals surface area contributed by atoms with Gasteiger partial charge in [-0.2, -0.15) is 8.78 Å². The molecule has 0 saturated heterocycles. The lowest BCUT2D eigenvalue weighted by Crippen LogP contribution is -2.14. The second-order valence-corrected chi connectivity index (χ2v) is 6.43. The maximum Gasteiger partial charge on any atom is 0.341 e. The summed E-state index contributed by atoms with van der Waals surface area (Å²) < 4.78 is 47.5. The molecule has 0 aliphatic carbocycles. The molecule has 0 aromatic heterocycles. The molecule has 1 N–H and O–H groups in total. The monoisotopic (exact) mass is 335 g/mol. The fourth-order valence-electron chi connectivity index (χ4n) is 1.79. The molecule has 0 radical (unpaired) electrons. The van der Waals surface area contributed by atoms with Crippen molar-refractivity contribution in [2.75, 3.05) is 5.32 Å². The SMILES string of the molecule is C#Cc1cccc(NC(=O)c2ccc(S(=O)(=O)C(F)F)cc2)c1. The average molecular weight is 335 g/mol. The van der Waals surface area contributed by atoms with E-state index in [1.807, 2.05) is 0 Å². The van der Waals surface area contributed by atoms with Crippen molar-refractivity contribution in [1.29, 1.82) is 0 Å². The molecule has 2 rings (SSSR count). The molecule has 23 heavy (non-hydrogen) atoms. The van der Waals surface area contributed by atoms with E-state index in [4.69, 9.17) is 6.42 Å². The number of nitrogens with one attached hydrogen (secondary N) is 1. The van der Waals surface area contributed by atoms with Crippen LogP contribution in [0.2, 0.25) is 0 Å². The van der Waals surface area contributed by atoms with E-state index >= 15 is 0 Å². The Bertz CT molecular complexity index is 869. The number of terminal acetylenes is 1. The largest absolute Gasteiger partial charge is 0.341 e. The van der Waals surface area contributed by atoms with Gasteiger partial charge in [-0.25, -0.2) is 8.42 Å². The summed E-state index contributed by atoms with van der Waals surface area (Å²) in [6, 6.07) is 10.8. The summed E-state index contributed by atoms with van der Waals surface area (Å²) in [5.74, 6) is -1.59. The first kappa shape index (κ1) is 16.6. The van der Waals surface area contributed by atoms with Gasteiger partial charge in [0.05, 0.1) is 4.90 Å². The quantitative estimate of drug-likeness (QED) is 0.874. The summed E-state index contributed by atoms with van der Waals surface area (Å²) in [6.45, 7) is 0. The Hall–Kier alpha value is -2.72. The maximum absolute atomic E-state index is 12.4. The minimum Gasteiger partial charge on any atom is -0.322 e. The van der Waals surface area contributed by atoms with Gasteiger partial charge in [-0.05, 0) is 42.5 Å². The first-order valence-electron chi connectivity index (χ1n) is 6.35. The highest BCUT2D eigenvalue weighted by molar-refractivity contribution is 7.91. The van der Waals surface area contributed by atoms with Crippen LogP contribution in [0.3, 0.4) is 0 Å². The third kappa shape index (κ3) is 3.73. The molecule has 0 heterocycles. The van der Waals surface area contributed by atoms with Gasteiger partial charge < -0.3 is 5.32 Å². The van der Waals surface area contributed by atoms with Gasteiger partial charge in [0.2, 0.25) is 9.84 Å². The summed E-state index contributed by atoms with van der Waals surface area (Å²) >= 11 is 0. The average Bonchev–Trinajstić information content (AvgIpc) is 2.55. The van der Waals surface area contributed by atoms with E-state index in [0.717, 1.165) is 24.3 Å². The van der Waals surface area contributed by atoms with E-state index in [2.05, 4.69) is 11.2 Å². The minimum atomic E-state index is -4.67. The summed E-state index contributed by atoms with van der Waals surface area (Å²) in [6.07, 6.45) is 5.26. The van der Waals surface area contributed by atoms with Crippen LogP contribution < -0.4 is 5.32 Å². The number of rotatable bonds is 4. The second-order valence-electron chi connectivity index (χ2n) is 4.51. The normalized spacial score (nSPS) is 11.0. The Balaban J connectivity index is 2.19. The van der Waals surface area contributed by atoms with Crippen LogP contribution in [-0.4, -0.2) is 20.1 Å². The van der Waals surface area contributed by atoms with Gasteiger partial charge in [0, 0.05) is 16.8 Å². The number of carbonyl (C=O) groups is 1. The van der Waals surface area contributed by atoms with Crippen LogP contribution in [0.1, 0.15) is 15.9 Å². The van der Waals surface area contributed by atoms with Crippen molar-refractivity contribution in [2.45, 2.75) is 10.7 Å². The van der Waals surface area contributed by atoms with Crippen molar-refractivity contribution in [3.8, 4) is 12.3 Å². The van der Waals surface area contributed by atoms with Crippen LogP contribution >= 0.6 is 0 Å². The van der Waals surface area contributed by atoms with Crippen molar-refractivity contribution in [1.82, 2.24) is 0 Å². The first-order valence-corrected chi connectivity index (χ1v) is 7.89. The third-order valence-electron chi connectivity index (χ3n) is 2.97. The zero-order valence-electron chi connectivity index (χ0n) is 11.7. The van der Waals surface area contributed by atoms with Crippen LogP contribution in [0.25, 0.3) is 0 Å². The van der Waals surface area contributed by atoms with Gasteiger partial charge in [-0.3, -0.25) is 4.79 Å². The molecular formula is C16H11F2NO3S. The Morgan fingerprint density at radius 1 is 1.13 bits per heavy atom. The molecule has 0 atom stereocenters. The van der Waals surface area contributed by atoms with Crippen LogP contribution in [0.4, 0.5) is 14.5 Å². The van der Waals surface area contributed by atoms with Crippen LogP contribution in [0, 0.1) is 12.3 Å². The number of sulfone groups is 1. The van der Waals surface area contributed by atoms with E-state index in [1.54, 1.807) is 24.3 Å². The Kier molecular flexibility index (Phi) is 4.77. The van der Waals surface area contributed by atoms with Crippen molar-refractivity contribution >= 4 is 21.4 Å². The Morgan fingerprint density at radius 3 is 2.35 bits per heavy atom. The molecule has 2 aromatic carbocycles.